The summed E-state index contributed by atoms with van der Waals surface area (Å²) >= 11 is 0. The van der Waals surface area contributed by atoms with Crippen LogP contribution in [0.15, 0.2) is 24.3 Å². The van der Waals surface area contributed by atoms with Gasteiger partial charge in [-0.05, 0) is 11.6 Å². The lowest BCUT2D eigenvalue weighted by Gasteiger charge is -2.19. The first-order valence-electron chi connectivity index (χ1n) is 5.82. The number of rotatable bonds is 3. The Labute approximate surface area is 115 Å². The zero-order chi connectivity index (χ0) is 15.2. The van der Waals surface area contributed by atoms with Crippen molar-refractivity contribution in [1.29, 1.82) is 0 Å². The summed E-state index contributed by atoms with van der Waals surface area (Å²) in [5.74, 6) is 4.17. The van der Waals surface area contributed by atoms with Gasteiger partial charge < -0.3 is 10.0 Å². The third-order valence-corrected chi connectivity index (χ3v) is 2.50. The first kappa shape index (κ1) is 16.1. The van der Waals surface area contributed by atoms with E-state index in [1.807, 2.05) is 0 Å². The van der Waals surface area contributed by atoms with Crippen molar-refractivity contribution in [3.63, 3.8) is 0 Å². The van der Waals surface area contributed by atoms with Crippen molar-refractivity contribution >= 4 is 5.91 Å². The molecule has 0 aliphatic heterocycles. The molecule has 0 aliphatic carbocycles. The van der Waals surface area contributed by atoms with Gasteiger partial charge in [0.25, 0.3) is 0 Å². The molecule has 1 aromatic rings. The molecule has 0 fully saturated rings. The van der Waals surface area contributed by atoms with Crippen LogP contribution < -0.4 is 0 Å². The summed E-state index contributed by atoms with van der Waals surface area (Å²) < 4.78 is 36.5. The van der Waals surface area contributed by atoms with Crippen molar-refractivity contribution < 1.29 is 23.1 Å². The molecule has 0 saturated carbocycles. The molecule has 1 amide bonds. The van der Waals surface area contributed by atoms with E-state index in [4.69, 9.17) is 5.11 Å². The van der Waals surface area contributed by atoms with Crippen LogP contribution in [-0.4, -0.2) is 35.7 Å². The van der Waals surface area contributed by atoms with Gasteiger partial charge in [-0.2, -0.15) is 13.2 Å². The van der Waals surface area contributed by atoms with Gasteiger partial charge >= 0.3 is 6.18 Å². The lowest BCUT2D eigenvalue weighted by atomic mass is 10.1. The van der Waals surface area contributed by atoms with E-state index in [2.05, 4.69) is 11.8 Å². The summed E-state index contributed by atoms with van der Waals surface area (Å²) in [6.07, 6.45) is -5.99. The standard InChI is InChI=1S/C14H14F3NO2/c1-18(13(20)9-14(15,16)17)10-12-6-3-2-5-11(12)7-4-8-19/h2-3,5-6,19H,8-10H2,1H3. The Balaban J connectivity index is 2.80. The van der Waals surface area contributed by atoms with Gasteiger partial charge in [-0.3, -0.25) is 4.79 Å². The fraction of sp³-hybridized carbons (Fsp3) is 0.357. The van der Waals surface area contributed by atoms with Crippen LogP contribution in [0, 0.1) is 11.8 Å². The first-order valence-corrected chi connectivity index (χ1v) is 5.82. The van der Waals surface area contributed by atoms with Gasteiger partial charge in [0, 0.05) is 19.2 Å². The largest absolute Gasteiger partial charge is 0.397 e. The molecule has 0 radical (unpaired) electrons. The van der Waals surface area contributed by atoms with Gasteiger partial charge in [0.15, 0.2) is 0 Å². The fourth-order valence-electron chi connectivity index (χ4n) is 1.57. The molecule has 20 heavy (non-hydrogen) atoms. The maximum atomic E-state index is 12.2. The molecule has 0 aromatic heterocycles. The lowest BCUT2D eigenvalue weighted by molar-refractivity contribution is -0.160. The number of alkyl halides is 3. The second kappa shape index (κ2) is 6.96. The Morgan fingerprint density at radius 2 is 2.00 bits per heavy atom. The highest BCUT2D eigenvalue weighted by Crippen LogP contribution is 2.21. The van der Waals surface area contributed by atoms with E-state index >= 15 is 0 Å². The number of carbonyl (C=O) groups is 1. The van der Waals surface area contributed by atoms with Crippen LogP contribution in [0.3, 0.4) is 0 Å². The average Bonchev–Trinajstić information content (AvgIpc) is 2.35. The molecule has 1 N–H and O–H groups in total. The zero-order valence-electron chi connectivity index (χ0n) is 10.9. The molecule has 1 rings (SSSR count). The van der Waals surface area contributed by atoms with Gasteiger partial charge in [-0.25, -0.2) is 0 Å². The fourth-order valence-corrected chi connectivity index (χ4v) is 1.57. The molecule has 0 aliphatic rings. The SMILES string of the molecule is CN(Cc1ccccc1C#CCO)C(=O)CC(F)(F)F. The number of aliphatic hydroxyl groups is 1. The molecular formula is C14H14F3NO2. The number of aliphatic hydroxyl groups excluding tert-OH is 1. The molecule has 0 unspecified atom stereocenters. The quantitative estimate of drug-likeness (QED) is 0.862. The van der Waals surface area contributed by atoms with E-state index in [0.717, 1.165) is 4.90 Å². The van der Waals surface area contributed by atoms with E-state index in [-0.39, 0.29) is 13.2 Å². The Hall–Kier alpha value is -2.00. The zero-order valence-corrected chi connectivity index (χ0v) is 10.9. The highest BCUT2D eigenvalue weighted by molar-refractivity contribution is 5.76. The molecule has 0 atom stereocenters. The lowest BCUT2D eigenvalue weighted by Crippen LogP contribution is -2.30. The Morgan fingerprint density at radius 1 is 1.35 bits per heavy atom. The molecule has 0 heterocycles. The monoisotopic (exact) mass is 285 g/mol. The summed E-state index contributed by atoms with van der Waals surface area (Å²) in [4.78, 5) is 12.4. The van der Waals surface area contributed by atoms with Crippen molar-refractivity contribution in [3.05, 3.63) is 35.4 Å². The highest BCUT2D eigenvalue weighted by Gasteiger charge is 2.32. The second-order valence-corrected chi connectivity index (χ2v) is 4.16. The molecule has 108 valence electrons. The molecule has 0 bridgehead atoms. The molecule has 1 aromatic carbocycles. The maximum Gasteiger partial charge on any atom is 0.397 e. The summed E-state index contributed by atoms with van der Waals surface area (Å²) in [7, 11) is 1.31. The van der Waals surface area contributed by atoms with Crippen molar-refractivity contribution in [1.82, 2.24) is 4.90 Å². The number of amides is 1. The van der Waals surface area contributed by atoms with E-state index < -0.39 is 18.5 Å². The number of hydrogen-bond donors (Lipinski definition) is 1. The summed E-state index contributed by atoms with van der Waals surface area (Å²) in [5.41, 5.74) is 1.21. The topological polar surface area (TPSA) is 40.5 Å². The smallest absolute Gasteiger partial charge is 0.384 e. The predicted octanol–water partition coefficient (Wildman–Crippen LogP) is 1.94. The van der Waals surface area contributed by atoms with E-state index in [1.165, 1.54) is 7.05 Å². The first-order chi connectivity index (χ1) is 9.33. The van der Waals surface area contributed by atoms with Gasteiger partial charge in [-0.15, -0.1) is 0 Å². The Morgan fingerprint density at radius 3 is 2.60 bits per heavy atom. The van der Waals surface area contributed by atoms with Crippen LogP contribution in [0.2, 0.25) is 0 Å². The van der Waals surface area contributed by atoms with Crippen molar-refractivity contribution in [3.8, 4) is 11.8 Å². The van der Waals surface area contributed by atoms with Gasteiger partial charge in [0.1, 0.15) is 13.0 Å². The summed E-state index contributed by atoms with van der Waals surface area (Å²) in [6, 6.07) is 6.79. The van der Waals surface area contributed by atoms with Gasteiger partial charge in [-0.1, -0.05) is 30.0 Å². The number of hydrogen-bond acceptors (Lipinski definition) is 2. The minimum Gasteiger partial charge on any atom is -0.384 e. The number of nitrogens with zero attached hydrogens (tertiary/aromatic N) is 1. The predicted molar refractivity (Wildman–Crippen MR) is 67.6 cm³/mol. The van der Waals surface area contributed by atoms with E-state index in [9.17, 15) is 18.0 Å². The minimum absolute atomic E-state index is 0.0329. The summed E-state index contributed by atoms with van der Waals surface area (Å²) in [5, 5.41) is 8.65. The minimum atomic E-state index is -4.51. The average molecular weight is 285 g/mol. The number of carbonyl (C=O) groups excluding carboxylic acids is 1. The van der Waals surface area contributed by atoms with Crippen LogP contribution in [0.5, 0.6) is 0 Å². The van der Waals surface area contributed by atoms with E-state index in [0.29, 0.717) is 11.1 Å². The van der Waals surface area contributed by atoms with E-state index in [1.54, 1.807) is 24.3 Å². The maximum absolute atomic E-state index is 12.2. The van der Waals surface area contributed by atoms with Crippen LogP contribution in [-0.2, 0) is 11.3 Å². The van der Waals surface area contributed by atoms with Crippen molar-refractivity contribution in [2.24, 2.45) is 0 Å². The van der Waals surface area contributed by atoms with Crippen LogP contribution in [0.25, 0.3) is 0 Å². The van der Waals surface area contributed by atoms with Gasteiger partial charge in [0.05, 0.1) is 0 Å². The molecule has 6 heteroatoms. The van der Waals surface area contributed by atoms with Crippen molar-refractivity contribution in [2.45, 2.75) is 19.1 Å². The van der Waals surface area contributed by atoms with Crippen LogP contribution in [0.4, 0.5) is 13.2 Å². The Kier molecular flexibility index (Phi) is 5.59. The molecule has 3 nitrogen and oxygen atoms in total. The Bertz CT molecular complexity index is 529. The van der Waals surface area contributed by atoms with Crippen molar-refractivity contribution in [2.75, 3.05) is 13.7 Å². The molecular weight excluding hydrogens is 271 g/mol. The number of benzene rings is 1. The molecule has 0 spiro atoms. The van der Waals surface area contributed by atoms with Crippen LogP contribution >= 0.6 is 0 Å². The normalized spacial score (nSPS) is 10.7. The highest BCUT2D eigenvalue weighted by atomic mass is 19.4. The summed E-state index contributed by atoms with van der Waals surface area (Å²) in [6.45, 7) is -0.275. The third kappa shape index (κ3) is 5.33. The second-order valence-electron chi connectivity index (χ2n) is 4.16. The van der Waals surface area contributed by atoms with Crippen LogP contribution in [0.1, 0.15) is 17.5 Å². The molecule has 0 saturated heterocycles. The number of halogens is 3. The third-order valence-electron chi connectivity index (χ3n) is 2.50. The van der Waals surface area contributed by atoms with Gasteiger partial charge in [0.2, 0.25) is 5.91 Å².